The quantitative estimate of drug-likeness (QED) is 0.536. The molecule has 1 aliphatic heterocycles. The Bertz CT molecular complexity index is 1040. The van der Waals surface area contributed by atoms with E-state index in [1.165, 1.54) is 11.9 Å². The lowest BCUT2D eigenvalue weighted by molar-refractivity contribution is -0.153. The predicted octanol–water partition coefficient (Wildman–Crippen LogP) is 2.22. The van der Waals surface area contributed by atoms with Gasteiger partial charge in [0, 0.05) is 26.7 Å². The van der Waals surface area contributed by atoms with Crippen molar-refractivity contribution in [3.63, 3.8) is 0 Å². The largest absolute Gasteiger partial charge is 0.380 e. The second-order valence-corrected chi connectivity index (χ2v) is 9.08. The summed E-state index contributed by atoms with van der Waals surface area (Å²) in [5, 5.41) is 32.8. The molecule has 4 atom stereocenters. The van der Waals surface area contributed by atoms with Gasteiger partial charge in [0.1, 0.15) is 6.07 Å². The van der Waals surface area contributed by atoms with E-state index in [-0.39, 0.29) is 12.0 Å². The maximum Gasteiger partial charge on any atom is 0.254 e. The molecule has 0 spiro atoms. The first kappa shape index (κ1) is 26.2. The van der Waals surface area contributed by atoms with Crippen LogP contribution in [0, 0.1) is 17.2 Å². The molecule has 1 fully saturated rings. The van der Waals surface area contributed by atoms with Gasteiger partial charge in [-0.3, -0.25) is 9.59 Å². The Labute approximate surface area is 206 Å². The van der Waals surface area contributed by atoms with E-state index >= 15 is 0 Å². The number of para-hydroxylation sites is 1. The van der Waals surface area contributed by atoms with Crippen LogP contribution in [-0.2, 0) is 9.59 Å². The van der Waals surface area contributed by atoms with Crippen molar-refractivity contribution in [2.75, 3.05) is 31.6 Å². The smallest absolute Gasteiger partial charge is 0.254 e. The molecule has 8 nitrogen and oxygen atoms in total. The molecule has 2 aromatic carbocycles. The van der Waals surface area contributed by atoms with Gasteiger partial charge in [-0.05, 0) is 49.8 Å². The molecule has 35 heavy (non-hydrogen) atoms. The Morgan fingerprint density at radius 1 is 1.09 bits per heavy atom. The number of carbonyl (C=O) groups excluding carboxylic acids is 2. The van der Waals surface area contributed by atoms with Gasteiger partial charge in [-0.25, -0.2) is 0 Å². The number of hydrogen-bond acceptors (Lipinski definition) is 6. The van der Waals surface area contributed by atoms with E-state index in [4.69, 9.17) is 0 Å². The fourth-order valence-corrected chi connectivity index (χ4v) is 4.44. The van der Waals surface area contributed by atoms with E-state index in [1.807, 2.05) is 61.5 Å². The van der Waals surface area contributed by atoms with Crippen LogP contribution in [0.5, 0.6) is 0 Å². The Balaban J connectivity index is 1.50. The monoisotopic (exact) mass is 478 g/mol. The number of aliphatic hydroxyl groups is 2. The van der Waals surface area contributed by atoms with Crippen molar-refractivity contribution in [2.24, 2.45) is 5.92 Å². The van der Waals surface area contributed by atoms with E-state index in [2.05, 4.69) is 16.3 Å². The summed E-state index contributed by atoms with van der Waals surface area (Å²) in [5.74, 6) is -1.29. The Hall–Kier alpha value is -3.41. The average Bonchev–Trinajstić information content (AvgIpc) is 3.15. The van der Waals surface area contributed by atoms with Gasteiger partial charge in [0.2, 0.25) is 0 Å². The van der Waals surface area contributed by atoms with Crippen molar-refractivity contribution in [1.29, 1.82) is 5.26 Å². The summed E-state index contributed by atoms with van der Waals surface area (Å²) in [6.45, 7) is 3.74. The third-order valence-electron chi connectivity index (χ3n) is 6.81. The molecular weight excluding hydrogens is 444 g/mol. The molecule has 0 aromatic heterocycles. The maximum absolute atomic E-state index is 12.7. The van der Waals surface area contributed by atoms with Crippen LogP contribution in [0.25, 0.3) is 0 Å². The van der Waals surface area contributed by atoms with Crippen LogP contribution in [0.1, 0.15) is 43.4 Å². The summed E-state index contributed by atoms with van der Waals surface area (Å²) in [7, 11) is 1.54. The molecule has 186 valence electrons. The Morgan fingerprint density at radius 3 is 2.49 bits per heavy atom. The number of amides is 2. The lowest BCUT2D eigenvalue weighted by Crippen LogP contribution is -2.50. The van der Waals surface area contributed by atoms with Crippen LogP contribution in [0.4, 0.5) is 5.69 Å². The summed E-state index contributed by atoms with van der Waals surface area (Å²) < 4.78 is 0. The molecular formula is C27H34N4O4. The molecule has 0 aliphatic carbocycles. The molecule has 1 heterocycles. The summed E-state index contributed by atoms with van der Waals surface area (Å²) >= 11 is 0. The first-order valence-electron chi connectivity index (χ1n) is 12.0. The normalized spacial score (nSPS) is 18.5. The van der Waals surface area contributed by atoms with E-state index in [9.17, 15) is 25.1 Å². The highest BCUT2D eigenvalue weighted by Gasteiger charge is 2.34. The minimum Gasteiger partial charge on any atom is -0.380 e. The summed E-state index contributed by atoms with van der Waals surface area (Å²) in [5.41, 5.74) is 2.45. The van der Waals surface area contributed by atoms with E-state index < -0.39 is 24.0 Å². The minimum atomic E-state index is -1.85. The fraction of sp³-hybridized carbons (Fsp3) is 0.444. The Morgan fingerprint density at radius 2 is 1.77 bits per heavy atom. The highest BCUT2D eigenvalue weighted by atomic mass is 16.3. The molecule has 1 saturated heterocycles. The molecule has 8 heteroatoms. The third-order valence-corrected chi connectivity index (χ3v) is 6.81. The molecule has 3 N–H and O–H groups in total. The van der Waals surface area contributed by atoms with Crippen LogP contribution >= 0.6 is 0 Å². The molecule has 2 amide bonds. The average molecular weight is 479 g/mol. The number of nitriles is 1. The standard InChI is InChI=1S/C27H34N4O4/c1-19(21-10-4-3-5-11-21)30(2)27(35)25(33)24(32)26(34)29-18-20-9-8-15-31(16-14-20)23-13-7-6-12-22(23)17-28/h3-7,10-13,19-20,24-25,32-33H,8-9,14-16,18H2,1-2H3,(H,29,34)/t19-,20?,24?,25?/m1/s1. The molecule has 1 aliphatic rings. The number of rotatable bonds is 8. The van der Waals surface area contributed by atoms with E-state index in [0.29, 0.717) is 12.1 Å². The number of hydrogen-bond donors (Lipinski definition) is 3. The zero-order valence-corrected chi connectivity index (χ0v) is 20.3. The second kappa shape index (κ2) is 12.3. The molecule has 2 aromatic rings. The fourth-order valence-electron chi connectivity index (χ4n) is 4.44. The number of likely N-dealkylation sites (N-methyl/N-ethyl adjacent to an activating group) is 1. The number of carbonyl (C=O) groups is 2. The SMILES string of the molecule is C[C@H](c1ccccc1)N(C)C(=O)C(O)C(O)C(=O)NCC1CCCN(c2ccccc2C#N)CC1. The second-order valence-electron chi connectivity index (χ2n) is 9.08. The number of nitrogens with one attached hydrogen (secondary N) is 1. The van der Waals surface area contributed by atoms with Crippen molar-refractivity contribution in [3.8, 4) is 6.07 Å². The minimum absolute atomic E-state index is 0.194. The topological polar surface area (TPSA) is 117 Å². The molecule has 0 bridgehead atoms. The van der Waals surface area contributed by atoms with Crippen molar-refractivity contribution in [3.05, 3.63) is 65.7 Å². The lowest BCUT2D eigenvalue weighted by atomic mass is 10.0. The van der Waals surface area contributed by atoms with Crippen molar-refractivity contribution in [1.82, 2.24) is 10.2 Å². The number of benzene rings is 2. The lowest BCUT2D eigenvalue weighted by Gasteiger charge is -2.29. The van der Waals surface area contributed by atoms with Crippen LogP contribution in [0.3, 0.4) is 0 Å². The predicted molar refractivity (Wildman–Crippen MR) is 133 cm³/mol. The van der Waals surface area contributed by atoms with Gasteiger partial charge in [-0.15, -0.1) is 0 Å². The highest BCUT2D eigenvalue weighted by Crippen LogP contribution is 2.25. The van der Waals surface area contributed by atoms with E-state index in [0.717, 1.165) is 43.6 Å². The van der Waals surface area contributed by atoms with Crippen LogP contribution < -0.4 is 10.2 Å². The van der Waals surface area contributed by atoms with Gasteiger partial charge in [0.05, 0.1) is 17.3 Å². The van der Waals surface area contributed by atoms with Crippen LogP contribution in [-0.4, -0.2) is 65.8 Å². The zero-order valence-electron chi connectivity index (χ0n) is 20.3. The van der Waals surface area contributed by atoms with Gasteiger partial charge in [0.15, 0.2) is 12.2 Å². The zero-order chi connectivity index (χ0) is 25.4. The molecule has 3 rings (SSSR count). The summed E-state index contributed by atoms with van der Waals surface area (Å²) in [6, 6.07) is 18.8. The molecule has 0 radical (unpaired) electrons. The molecule has 0 saturated carbocycles. The van der Waals surface area contributed by atoms with Gasteiger partial charge in [-0.1, -0.05) is 42.5 Å². The first-order valence-corrected chi connectivity index (χ1v) is 12.0. The van der Waals surface area contributed by atoms with Crippen molar-refractivity contribution in [2.45, 2.75) is 44.4 Å². The Kier molecular flexibility index (Phi) is 9.24. The highest BCUT2D eigenvalue weighted by molar-refractivity contribution is 5.90. The van der Waals surface area contributed by atoms with Crippen LogP contribution in [0.15, 0.2) is 54.6 Å². The maximum atomic E-state index is 12.7. The number of nitrogens with zero attached hydrogens (tertiary/aromatic N) is 3. The summed E-state index contributed by atoms with van der Waals surface area (Å²) in [6.07, 6.45) is -1.09. The number of aliphatic hydroxyl groups excluding tert-OH is 2. The number of anilines is 1. The third kappa shape index (κ3) is 6.59. The first-order chi connectivity index (χ1) is 16.8. The molecule has 3 unspecified atom stereocenters. The van der Waals surface area contributed by atoms with Gasteiger partial charge >= 0.3 is 0 Å². The van der Waals surface area contributed by atoms with E-state index in [1.54, 1.807) is 0 Å². The van der Waals surface area contributed by atoms with Gasteiger partial charge in [-0.2, -0.15) is 5.26 Å². The van der Waals surface area contributed by atoms with Crippen LogP contribution in [0.2, 0.25) is 0 Å². The van der Waals surface area contributed by atoms with Gasteiger partial charge < -0.3 is 25.3 Å². The van der Waals surface area contributed by atoms with Crippen molar-refractivity contribution >= 4 is 17.5 Å². The van der Waals surface area contributed by atoms with Gasteiger partial charge in [0.25, 0.3) is 11.8 Å². The van der Waals surface area contributed by atoms with Crippen molar-refractivity contribution < 1.29 is 19.8 Å². The summed E-state index contributed by atoms with van der Waals surface area (Å²) in [4.78, 5) is 28.7.